The molecule has 1 aromatic rings. The Hall–Kier alpha value is -0.930. The van der Waals surface area contributed by atoms with E-state index < -0.39 is 6.55 Å². The number of nitrogens with zero attached hydrogens (tertiary/aromatic N) is 3. The maximum atomic E-state index is 12.6. The van der Waals surface area contributed by atoms with Gasteiger partial charge in [-0.05, 0) is 12.8 Å². The van der Waals surface area contributed by atoms with Crippen molar-refractivity contribution in [2.45, 2.75) is 39.9 Å². The van der Waals surface area contributed by atoms with Crippen molar-refractivity contribution in [2.24, 2.45) is 10.9 Å². The molecule has 1 unspecified atom stereocenters. The quantitative estimate of drug-likeness (QED) is 0.453. The van der Waals surface area contributed by atoms with Gasteiger partial charge in [0.15, 0.2) is 5.96 Å². The van der Waals surface area contributed by atoms with Crippen LogP contribution < -0.4 is 10.6 Å². The predicted molar refractivity (Wildman–Crippen MR) is 86.5 cm³/mol. The van der Waals surface area contributed by atoms with E-state index in [9.17, 15) is 8.78 Å². The van der Waals surface area contributed by atoms with Crippen LogP contribution in [0.4, 0.5) is 8.78 Å². The van der Waals surface area contributed by atoms with E-state index in [0.717, 1.165) is 4.57 Å². The first-order chi connectivity index (χ1) is 8.95. The highest BCUT2D eigenvalue weighted by Crippen LogP contribution is 2.11. The molecular formula is C12H22F2IN5. The third-order valence-electron chi connectivity index (χ3n) is 2.96. The fourth-order valence-electron chi connectivity index (χ4n) is 1.40. The van der Waals surface area contributed by atoms with Crippen LogP contribution in [0.1, 0.15) is 33.1 Å². The van der Waals surface area contributed by atoms with Gasteiger partial charge in [0.2, 0.25) is 0 Å². The highest BCUT2D eigenvalue weighted by atomic mass is 127. The second kappa shape index (κ2) is 9.09. The van der Waals surface area contributed by atoms with Gasteiger partial charge in [-0.1, -0.05) is 13.8 Å². The molecule has 1 aromatic heterocycles. The molecule has 2 N–H and O–H groups in total. The third-order valence-corrected chi connectivity index (χ3v) is 2.96. The highest BCUT2D eigenvalue weighted by Gasteiger charge is 2.13. The van der Waals surface area contributed by atoms with Crippen LogP contribution in [0.25, 0.3) is 0 Å². The van der Waals surface area contributed by atoms with Crippen molar-refractivity contribution in [3.05, 3.63) is 18.2 Å². The van der Waals surface area contributed by atoms with Gasteiger partial charge in [-0.2, -0.15) is 8.78 Å². The molecule has 0 aromatic carbocycles. The molecule has 1 atom stereocenters. The lowest BCUT2D eigenvalue weighted by atomic mass is 10.1. The minimum absolute atomic E-state index is 0. The van der Waals surface area contributed by atoms with Gasteiger partial charge in [-0.3, -0.25) is 9.56 Å². The Kier molecular flexibility index (Phi) is 8.67. The number of rotatable bonds is 5. The molecule has 8 heteroatoms. The van der Waals surface area contributed by atoms with Crippen LogP contribution in [-0.4, -0.2) is 28.6 Å². The molecule has 1 heterocycles. The summed E-state index contributed by atoms with van der Waals surface area (Å²) in [5.74, 6) is 1.29. The zero-order valence-corrected chi connectivity index (χ0v) is 14.4. The van der Waals surface area contributed by atoms with Crippen LogP contribution in [0.2, 0.25) is 0 Å². The summed E-state index contributed by atoms with van der Waals surface area (Å²) in [5.41, 5.74) is 0. The highest BCUT2D eigenvalue weighted by molar-refractivity contribution is 14.0. The van der Waals surface area contributed by atoms with E-state index in [0.29, 0.717) is 11.9 Å². The van der Waals surface area contributed by atoms with E-state index in [4.69, 9.17) is 0 Å². The number of halogens is 3. The largest absolute Gasteiger partial charge is 0.354 e. The third kappa shape index (κ3) is 5.59. The molecule has 0 aliphatic rings. The second-order valence-corrected chi connectivity index (χ2v) is 4.63. The number of hydrogen-bond acceptors (Lipinski definition) is 2. The van der Waals surface area contributed by atoms with Crippen molar-refractivity contribution in [2.75, 3.05) is 7.05 Å². The summed E-state index contributed by atoms with van der Waals surface area (Å²) in [6.07, 6.45) is 2.62. The molecule has 0 aliphatic heterocycles. The molecule has 0 saturated heterocycles. The van der Waals surface area contributed by atoms with Crippen LogP contribution in [0.5, 0.6) is 0 Å². The van der Waals surface area contributed by atoms with E-state index >= 15 is 0 Å². The first-order valence-electron chi connectivity index (χ1n) is 6.22. The van der Waals surface area contributed by atoms with Crippen LogP contribution in [0, 0.1) is 5.92 Å². The smallest absolute Gasteiger partial charge is 0.319 e. The molecule has 0 fully saturated rings. The number of hydrogen-bond donors (Lipinski definition) is 2. The lowest BCUT2D eigenvalue weighted by Gasteiger charge is -2.20. The van der Waals surface area contributed by atoms with Gasteiger partial charge in [-0.25, -0.2) is 4.98 Å². The Morgan fingerprint density at radius 2 is 2.05 bits per heavy atom. The van der Waals surface area contributed by atoms with Crippen molar-refractivity contribution in [1.82, 2.24) is 20.2 Å². The van der Waals surface area contributed by atoms with Crippen LogP contribution in [0.3, 0.4) is 0 Å². The Labute approximate surface area is 135 Å². The molecule has 116 valence electrons. The van der Waals surface area contributed by atoms with Gasteiger partial charge >= 0.3 is 6.55 Å². The van der Waals surface area contributed by atoms with E-state index in [2.05, 4.69) is 34.5 Å². The number of alkyl halides is 2. The number of aromatic nitrogens is 2. The fraction of sp³-hybridized carbons (Fsp3) is 0.667. The van der Waals surface area contributed by atoms with Gasteiger partial charge in [0, 0.05) is 25.5 Å². The molecule has 0 saturated carbocycles. The maximum Gasteiger partial charge on any atom is 0.319 e. The van der Waals surface area contributed by atoms with Gasteiger partial charge in [-0.15, -0.1) is 24.0 Å². The van der Waals surface area contributed by atoms with Crippen molar-refractivity contribution in [1.29, 1.82) is 0 Å². The maximum absolute atomic E-state index is 12.6. The normalized spacial score (nSPS) is 13.3. The van der Waals surface area contributed by atoms with Crippen LogP contribution in [-0.2, 0) is 6.54 Å². The number of aliphatic imine (C=N–C) groups is 1. The van der Waals surface area contributed by atoms with E-state index in [1.54, 1.807) is 7.05 Å². The van der Waals surface area contributed by atoms with Gasteiger partial charge < -0.3 is 10.6 Å². The summed E-state index contributed by atoms with van der Waals surface area (Å²) in [5, 5.41) is 6.17. The molecule has 5 nitrogen and oxygen atoms in total. The minimum Gasteiger partial charge on any atom is -0.354 e. The Bertz CT molecular complexity index is 420. The summed E-state index contributed by atoms with van der Waals surface area (Å²) < 4.78 is 26.1. The summed E-state index contributed by atoms with van der Waals surface area (Å²) in [6.45, 7) is 3.84. The predicted octanol–water partition coefficient (Wildman–Crippen LogP) is 2.61. The molecule has 0 radical (unpaired) electrons. The van der Waals surface area contributed by atoms with E-state index in [1.165, 1.54) is 12.4 Å². The summed E-state index contributed by atoms with van der Waals surface area (Å²) in [6, 6.07) is 0.237. The van der Waals surface area contributed by atoms with Gasteiger partial charge in [0.1, 0.15) is 5.82 Å². The Morgan fingerprint density at radius 3 is 2.55 bits per heavy atom. The van der Waals surface area contributed by atoms with Crippen molar-refractivity contribution in [3.63, 3.8) is 0 Å². The first kappa shape index (κ1) is 19.1. The van der Waals surface area contributed by atoms with Crippen molar-refractivity contribution in [3.8, 4) is 0 Å². The van der Waals surface area contributed by atoms with Crippen molar-refractivity contribution >= 4 is 29.9 Å². The lowest BCUT2D eigenvalue weighted by Crippen LogP contribution is -2.44. The topological polar surface area (TPSA) is 54.2 Å². The van der Waals surface area contributed by atoms with Gasteiger partial charge in [0.25, 0.3) is 0 Å². The minimum atomic E-state index is -2.58. The van der Waals surface area contributed by atoms with Crippen LogP contribution in [0.15, 0.2) is 17.4 Å². The average molecular weight is 401 g/mol. The first-order valence-corrected chi connectivity index (χ1v) is 6.22. The molecule has 20 heavy (non-hydrogen) atoms. The fourth-order valence-corrected chi connectivity index (χ4v) is 1.40. The van der Waals surface area contributed by atoms with E-state index in [-0.39, 0.29) is 42.4 Å². The molecular weight excluding hydrogens is 379 g/mol. The molecule has 1 rings (SSSR count). The number of nitrogens with one attached hydrogen (secondary N) is 2. The molecule has 0 bridgehead atoms. The SMILES string of the molecule is CN=C(NCc1nccn1C(F)F)NC(C)C(C)C.I. The standard InChI is InChI=1S/C12H21F2N5.HI/c1-8(2)9(3)18-12(15-4)17-7-10-16-5-6-19(10)11(13)14;/h5-6,8-9,11H,7H2,1-4H3,(H2,15,17,18);1H. The zero-order valence-electron chi connectivity index (χ0n) is 12.1. The summed E-state index contributed by atoms with van der Waals surface area (Å²) in [7, 11) is 1.64. The Balaban J connectivity index is 0.00000361. The Morgan fingerprint density at radius 1 is 1.40 bits per heavy atom. The number of imidazole rings is 1. The number of guanidine groups is 1. The summed E-state index contributed by atoms with van der Waals surface area (Å²) >= 11 is 0. The molecule has 0 amide bonds. The average Bonchev–Trinajstić information content (AvgIpc) is 2.82. The van der Waals surface area contributed by atoms with Crippen LogP contribution >= 0.6 is 24.0 Å². The second-order valence-electron chi connectivity index (χ2n) is 4.63. The molecule has 0 spiro atoms. The summed E-state index contributed by atoms with van der Waals surface area (Å²) in [4.78, 5) is 7.95. The molecule has 0 aliphatic carbocycles. The van der Waals surface area contributed by atoms with E-state index in [1.807, 2.05) is 6.92 Å². The lowest BCUT2D eigenvalue weighted by molar-refractivity contribution is 0.0668. The monoisotopic (exact) mass is 401 g/mol. The zero-order chi connectivity index (χ0) is 14.4. The van der Waals surface area contributed by atoms with Crippen molar-refractivity contribution < 1.29 is 8.78 Å². The van der Waals surface area contributed by atoms with Gasteiger partial charge in [0.05, 0.1) is 6.54 Å².